The summed E-state index contributed by atoms with van der Waals surface area (Å²) in [4.78, 5) is 39.9. The number of hydrogen-bond acceptors (Lipinski definition) is 9. The third-order valence-corrected chi connectivity index (χ3v) is 4.86. The fourth-order valence-corrected chi connectivity index (χ4v) is 3.67. The number of ether oxygens (including phenoxy) is 4. The molecule has 1 aromatic carbocycles. The number of rotatable bonds is 7. The number of nitrogens with two attached hydrogens (primary N) is 1. The predicted molar refractivity (Wildman–Crippen MR) is 112 cm³/mol. The van der Waals surface area contributed by atoms with Crippen LogP contribution in [0.2, 0.25) is 0 Å². The van der Waals surface area contributed by atoms with E-state index in [0.29, 0.717) is 5.69 Å². The normalized spacial score (nSPS) is 14.2. The Morgan fingerprint density at radius 1 is 1.00 bits per heavy atom. The van der Waals surface area contributed by atoms with Gasteiger partial charge in [0.2, 0.25) is 17.2 Å². The van der Waals surface area contributed by atoms with Crippen molar-refractivity contribution < 1.29 is 33.3 Å². The highest BCUT2D eigenvalue weighted by atomic mass is 16.6. The highest BCUT2D eigenvalue weighted by Gasteiger charge is 2.63. The van der Waals surface area contributed by atoms with Crippen molar-refractivity contribution in [1.29, 1.82) is 0 Å². The van der Waals surface area contributed by atoms with Crippen LogP contribution in [0.1, 0.15) is 32.0 Å². The topological polar surface area (TPSA) is 132 Å². The lowest BCUT2D eigenvalue weighted by Crippen LogP contribution is -2.53. The van der Waals surface area contributed by atoms with Crippen molar-refractivity contribution in [2.24, 2.45) is 5.73 Å². The SMILES string of the molecule is CCOC(=O)C1=C(N)Oc2c(c(C)nn2-c2ccccc2)C1(C(=O)OCC)C(=O)OCC. The zero-order chi connectivity index (χ0) is 23.5. The highest BCUT2D eigenvalue weighted by Crippen LogP contribution is 2.48. The van der Waals surface area contributed by atoms with E-state index >= 15 is 0 Å². The Kier molecular flexibility index (Phi) is 6.52. The summed E-state index contributed by atoms with van der Waals surface area (Å²) in [5, 5.41) is 4.46. The largest absolute Gasteiger partial charge is 0.465 e. The number of esters is 3. The Bertz CT molecular complexity index is 1050. The fourth-order valence-electron chi connectivity index (χ4n) is 3.67. The van der Waals surface area contributed by atoms with Gasteiger partial charge in [-0.25, -0.2) is 9.48 Å². The lowest BCUT2D eigenvalue weighted by atomic mass is 9.72. The van der Waals surface area contributed by atoms with E-state index in [1.165, 1.54) is 4.68 Å². The van der Waals surface area contributed by atoms with Crippen LogP contribution in [0.25, 0.3) is 5.69 Å². The third-order valence-electron chi connectivity index (χ3n) is 4.86. The molecule has 170 valence electrons. The van der Waals surface area contributed by atoms with E-state index in [-0.39, 0.29) is 37.0 Å². The van der Waals surface area contributed by atoms with E-state index in [4.69, 9.17) is 24.7 Å². The van der Waals surface area contributed by atoms with Crippen molar-refractivity contribution in [1.82, 2.24) is 9.78 Å². The molecule has 0 radical (unpaired) electrons. The van der Waals surface area contributed by atoms with E-state index in [9.17, 15) is 14.4 Å². The van der Waals surface area contributed by atoms with Gasteiger partial charge in [0.25, 0.3) is 0 Å². The Balaban J connectivity index is 2.41. The second-order valence-corrected chi connectivity index (χ2v) is 6.77. The van der Waals surface area contributed by atoms with E-state index < -0.39 is 34.8 Å². The molecule has 0 fully saturated rings. The number of fused-ring (bicyclic) bond motifs is 1. The molecule has 1 aromatic heterocycles. The first-order valence-corrected chi connectivity index (χ1v) is 10.2. The number of nitrogens with zero attached hydrogens (tertiary/aromatic N) is 2. The zero-order valence-electron chi connectivity index (χ0n) is 18.3. The first-order valence-electron chi connectivity index (χ1n) is 10.2. The Hall–Kier alpha value is -3.82. The molecule has 32 heavy (non-hydrogen) atoms. The maximum Gasteiger partial charge on any atom is 0.341 e. The molecule has 0 spiro atoms. The molecule has 2 heterocycles. The van der Waals surface area contributed by atoms with Crippen LogP contribution in [0.15, 0.2) is 41.8 Å². The number of aromatic nitrogens is 2. The molecule has 0 bridgehead atoms. The van der Waals surface area contributed by atoms with E-state index in [1.807, 2.05) is 6.07 Å². The molecule has 10 nitrogen and oxygen atoms in total. The minimum Gasteiger partial charge on any atom is -0.465 e. The summed E-state index contributed by atoms with van der Waals surface area (Å²) in [7, 11) is 0. The minimum atomic E-state index is -2.37. The van der Waals surface area contributed by atoms with Crippen LogP contribution in [-0.4, -0.2) is 47.5 Å². The van der Waals surface area contributed by atoms with E-state index in [2.05, 4.69) is 5.10 Å². The summed E-state index contributed by atoms with van der Waals surface area (Å²) >= 11 is 0. The molecule has 0 unspecified atom stereocenters. The van der Waals surface area contributed by atoms with Gasteiger partial charge in [-0.2, -0.15) is 5.10 Å². The number of para-hydroxylation sites is 1. The number of hydrogen-bond donors (Lipinski definition) is 1. The van der Waals surface area contributed by atoms with Crippen LogP contribution in [0, 0.1) is 6.92 Å². The summed E-state index contributed by atoms with van der Waals surface area (Å²) in [6.07, 6.45) is 0. The monoisotopic (exact) mass is 443 g/mol. The average molecular weight is 443 g/mol. The number of carbonyl (C=O) groups excluding carboxylic acids is 3. The Labute approximate surface area is 184 Å². The zero-order valence-corrected chi connectivity index (χ0v) is 18.3. The van der Waals surface area contributed by atoms with Crippen molar-refractivity contribution in [3.8, 4) is 11.6 Å². The minimum absolute atomic E-state index is 0.000328. The van der Waals surface area contributed by atoms with Gasteiger partial charge in [-0.15, -0.1) is 0 Å². The standard InChI is InChI=1S/C22H25N3O7/c1-5-29-19(26)16-17(23)32-18-15(13(4)24-25(18)14-11-9-8-10-12-14)22(16,20(27)30-6-2)21(28)31-7-3/h8-12H,5-7,23H2,1-4H3. The molecule has 1 aliphatic rings. The van der Waals surface area contributed by atoms with Crippen LogP contribution >= 0.6 is 0 Å². The van der Waals surface area contributed by atoms with Gasteiger partial charge in [0.15, 0.2) is 0 Å². The van der Waals surface area contributed by atoms with Crippen LogP contribution in [0.5, 0.6) is 5.88 Å². The third kappa shape index (κ3) is 3.47. The molecule has 1 aliphatic heterocycles. The molecular formula is C22H25N3O7. The summed E-state index contributed by atoms with van der Waals surface area (Å²) in [5.74, 6) is -3.55. The maximum absolute atomic E-state index is 13.4. The lowest BCUT2D eigenvalue weighted by molar-refractivity contribution is -0.165. The number of benzene rings is 1. The Morgan fingerprint density at radius 2 is 1.56 bits per heavy atom. The molecule has 3 rings (SSSR count). The molecular weight excluding hydrogens is 418 g/mol. The summed E-state index contributed by atoms with van der Waals surface area (Å²) in [6.45, 7) is 6.18. The van der Waals surface area contributed by atoms with E-state index in [0.717, 1.165) is 0 Å². The van der Waals surface area contributed by atoms with Gasteiger partial charge in [-0.1, -0.05) is 18.2 Å². The first-order chi connectivity index (χ1) is 15.3. The van der Waals surface area contributed by atoms with Crippen LogP contribution < -0.4 is 10.5 Å². The number of carbonyl (C=O) groups is 3. The molecule has 0 aliphatic carbocycles. The number of aryl methyl sites for hydroxylation is 1. The van der Waals surface area contributed by atoms with Gasteiger partial charge in [-0.05, 0) is 39.8 Å². The van der Waals surface area contributed by atoms with Gasteiger partial charge >= 0.3 is 17.9 Å². The molecule has 0 amide bonds. The van der Waals surface area contributed by atoms with Gasteiger partial charge in [0.05, 0.1) is 36.8 Å². The summed E-state index contributed by atoms with van der Waals surface area (Å²) in [5.41, 5.74) is 4.10. The predicted octanol–water partition coefficient (Wildman–Crippen LogP) is 1.67. The molecule has 0 saturated carbocycles. The highest BCUT2D eigenvalue weighted by molar-refractivity contribution is 6.18. The molecule has 0 atom stereocenters. The first kappa shape index (κ1) is 22.9. The van der Waals surface area contributed by atoms with Crippen molar-refractivity contribution in [3.05, 3.63) is 53.0 Å². The fraction of sp³-hybridized carbons (Fsp3) is 0.364. The molecule has 2 N–H and O–H groups in total. The van der Waals surface area contributed by atoms with Crippen molar-refractivity contribution in [2.75, 3.05) is 19.8 Å². The second-order valence-electron chi connectivity index (χ2n) is 6.77. The van der Waals surface area contributed by atoms with Crippen molar-refractivity contribution >= 4 is 17.9 Å². The van der Waals surface area contributed by atoms with Gasteiger partial charge < -0.3 is 24.7 Å². The van der Waals surface area contributed by atoms with Gasteiger partial charge in [-0.3, -0.25) is 9.59 Å². The lowest BCUT2D eigenvalue weighted by Gasteiger charge is -2.34. The van der Waals surface area contributed by atoms with Crippen molar-refractivity contribution in [3.63, 3.8) is 0 Å². The van der Waals surface area contributed by atoms with E-state index in [1.54, 1.807) is 52.0 Å². The summed E-state index contributed by atoms with van der Waals surface area (Å²) in [6, 6.07) is 8.91. The van der Waals surface area contributed by atoms with Gasteiger partial charge in [0, 0.05) is 0 Å². The van der Waals surface area contributed by atoms with Crippen LogP contribution in [-0.2, 0) is 34.0 Å². The quantitative estimate of drug-likeness (QED) is 0.385. The van der Waals surface area contributed by atoms with Crippen LogP contribution in [0.4, 0.5) is 0 Å². The van der Waals surface area contributed by atoms with Gasteiger partial charge in [0.1, 0.15) is 5.57 Å². The molecule has 0 saturated heterocycles. The maximum atomic E-state index is 13.4. The Morgan fingerprint density at radius 3 is 2.09 bits per heavy atom. The average Bonchev–Trinajstić information content (AvgIpc) is 3.10. The molecule has 10 heteroatoms. The van der Waals surface area contributed by atoms with Crippen LogP contribution in [0.3, 0.4) is 0 Å². The van der Waals surface area contributed by atoms with Crippen molar-refractivity contribution in [2.45, 2.75) is 33.1 Å². The summed E-state index contributed by atoms with van der Waals surface area (Å²) < 4.78 is 22.8. The molecule has 2 aromatic rings. The smallest absolute Gasteiger partial charge is 0.341 e. The second kappa shape index (κ2) is 9.13.